The van der Waals surface area contributed by atoms with Crippen LogP contribution in [0.5, 0.6) is 0 Å². The standard InChI is InChI=1S/C9H14O6/c1-3-5-15-7(9(12)13)6(8(10)11)14-4-2/h3-5H2,1-2H3,(H,10,11)(H,12,13)/b7-6-. The van der Waals surface area contributed by atoms with Gasteiger partial charge in [0, 0.05) is 0 Å². The van der Waals surface area contributed by atoms with E-state index in [9.17, 15) is 9.59 Å². The van der Waals surface area contributed by atoms with Crippen molar-refractivity contribution in [3.05, 3.63) is 11.5 Å². The van der Waals surface area contributed by atoms with Gasteiger partial charge in [0.1, 0.15) is 0 Å². The molecule has 2 N–H and O–H groups in total. The average Bonchev–Trinajstić information content (AvgIpc) is 2.16. The SMILES string of the molecule is CCCO/C(C(=O)O)=C(\OCC)C(=O)O. The number of hydrogen-bond acceptors (Lipinski definition) is 4. The minimum Gasteiger partial charge on any atom is -0.484 e. The Labute approximate surface area is 87.1 Å². The summed E-state index contributed by atoms with van der Waals surface area (Å²) in [6.07, 6.45) is 0.579. The first kappa shape index (κ1) is 13.3. The highest BCUT2D eigenvalue weighted by atomic mass is 16.5. The van der Waals surface area contributed by atoms with Crippen LogP contribution in [0.2, 0.25) is 0 Å². The summed E-state index contributed by atoms with van der Waals surface area (Å²) in [5.41, 5.74) is 0. The lowest BCUT2D eigenvalue weighted by Crippen LogP contribution is -2.16. The van der Waals surface area contributed by atoms with Crippen molar-refractivity contribution in [2.24, 2.45) is 0 Å². The molecule has 86 valence electrons. The Morgan fingerprint density at radius 2 is 1.47 bits per heavy atom. The molecule has 0 fully saturated rings. The summed E-state index contributed by atoms with van der Waals surface area (Å²) < 4.78 is 9.50. The third-order valence-corrected chi connectivity index (χ3v) is 1.33. The van der Waals surface area contributed by atoms with Gasteiger partial charge in [-0.15, -0.1) is 0 Å². The molecule has 0 aromatic carbocycles. The van der Waals surface area contributed by atoms with Crippen molar-refractivity contribution in [3.63, 3.8) is 0 Å². The lowest BCUT2D eigenvalue weighted by atomic mass is 10.4. The number of ether oxygens (including phenoxy) is 2. The van der Waals surface area contributed by atoms with E-state index in [1.54, 1.807) is 13.8 Å². The van der Waals surface area contributed by atoms with E-state index in [4.69, 9.17) is 19.7 Å². The molecule has 0 amide bonds. The van der Waals surface area contributed by atoms with Crippen molar-refractivity contribution < 1.29 is 29.3 Å². The predicted molar refractivity (Wildman–Crippen MR) is 50.2 cm³/mol. The van der Waals surface area contributed by atoms with Crippen LogP contribution >= 0.6 is 0 Å². The molecule has 0 aliphatic rings. The van der Waals surface area contributed by atoms with Gasteiger partial charge in [0.2, 0.25) is 0 Å². The molecule has 0 saturated carbocycles. The Kier molecular flexibility index (Phi) is 5.92. The smallest absolute Gasteiger partial charge is 0.375 e. The van der Waals surface area contributed by atoms with E-state index in [1.807, 2.05) is 0 Å². The Morgan fingerprint density at radius 1 is 1.00 bits per heavy atom. The minimum absolute atomic E-state index is 0.0634. The molecule has 0 bridgehead atoms. The van der Waals surface area contributed by atoms with Gasteiger partial charge < -0.3 is 19.7 Å². The Hall–Kier alpha value is -1.72. The van der Waals surface area contributed by atoms with E-state index in [2.05, 4.69) is 0 Å². The molecule has 0 saturated heterocycles. The third kappa shape index (κ3) is 4.35. The molecular weight excluding hydrogens is 204 g/mol. The maximum Gasteiger partial charge on any atom is 0.375 e. The maximum absolute atomic E-state index is 10.7. The topological polar surface area (TPSA) is 93.1 Å². The molecule has 0 rings (SSSR count). The van der Waals surface area contributed by atoms with Crippen LogP contribution in [0.4, 0.5) is 0 Å². The van der Waals surface area contributed by atoms with E-state index >= 15 is 0 Å². The van der Waals surface area contributed by atoms with E-state index in [0.717, 1.165) is 0 Å². The van der Waals surface area contributed by atoms with Gasteiger partial charge in [-0.2, -0.15) is 0 Å². The first-order chi connectivity index (χ1) is 7.04. The number of rotatable bonds is 7. The summed E-state index contributed by atoms with van der Waals surface area (Å²) in [6, 6.07) is 0. The maximum atomic E-state index is 10.7. The molecule has 0 aromatic rings. The van der Waals surface area contributed by atoms with Crippen LogP contribution in [0, 0.1) is 0 Å². The summed E-state index contributed by atoms with van der Waals surface area (Å²) in [6.45, 7) is 3.53. The van der Waals surface area contributed by atoms with Crippen molar-refractivity contribution in [2.75, 3.05) is 13.2 Å². The summed E-state index contributed by atoms with van der Waals surface area (Å²) in [4.78, 5) is 21.4. The molecule has 0 atom stereocenters. The van der Waals surface area contributed by atoms with Crippen molar-refractivity contribution >= 4 is 11.9 Å². The first-order valence-corrected chi connectivity index (χ1v) is 4.51. The van der Waals surface area contributed by atoms with Crippen LogP contribution in [0.3, 0.4) is 0 Å². The number of hydrogen-bond donors (Lipinski definition) is 2. The second kappa shape index (κ2) is 6.69. The molecule has 0 spiro atoms. The van der Waals surface area contributed by atoms with Gasteiger partial charge in [0.05, 0.1) is 13.2 Å². The monoisotopic (exact) mass is 218 g/mol. The van der Waals surface area contributed by atoms with Crippen molar-refractivity contribution in [1.29, 1.82) is 0 Å². The number of aliphatic carboxylic acids is 2. The third-order valence-electron chi connectivity index (χ3n) is 1.33. The molecule has 0 aromatic heterocycles. The van der Waals surface area contributed by atoms with Gasteiger partial charge in [-0.1, -0.05) is 6.92 Å². The van der Waals surface area contributed by atoms with Gasteiger partial charge in [-0.3, -0.25) is 0 Å². The zero-order valence-corrected chi connectivity index (χ0v) is 8.65. The first-order valence-electron chi connectivity index (χ1n) is 4.51. The summed E-state index contributed by atoms with van der Waals surface area (Å²) in [7, 11) is 0. The molecular formula is C9H14O6. The zero-order valence-electron chi connectivity index (χ0n) is 8.65. The summed E-state index contributed by atoms with van der Waals surface area (Å²) in [5, 5.41) is 17.4. The van der Waals surface area contributed by atoms with Crippen LogP contribution in [-0.2, 0) is 19.1 Å². The molecule has 6 heteroatoms. The Morgan fingerprint density at radius 3 is 1.80 bits per heavy atom. The predicted octanol–water partition coefficient (Wildman–Crippen LogP) is 0.830. The Balaban J connectivity index is 4.96. The van der Waals surface area contributed by atoms with Gasteiger partial charge in [0.25, 0.3) is 11.5 Å². The van der Waals surface area contributed by atoms with Gasteiger partial charge in [-0.25, -0.2) is 9.59 Å². The summed E-state index contributed by atoms with van der Waals surface area (Å²) >= 11 is 0. The fraction of sp³-hybridized carbons (Fsp3) is 0.556. The average molecular weight is 218 g/mol. The minimum atomic E-state index is -1.45. The molecule has 0 aliphatic carbocycles. The van der Waals surface area contributed by atoms with E-state index < -0.39 is 23.5 Å². The highest BCUT2D eigenvalue weighted by Gasteiger charge is 2.23. The van der Waals surface area contributed by atoms with Crippen LogP contribution in [0.1, 0.15) is 20.3 Å². The van der Waals surface area contributed by atoms with Crippen molar-refractivity contribution in [2.45, 2.75) is 20.3 Å². The summed E-state index contributed by atoms with van der Waals surface area (Å²) in [5.74, 6) is -4.23. The lowest BCUT2D eigenvalue weighted by Gasteiger charge is -2.09. The molecule has 15 heavy (non-hydrogen) atoms. The molecule has 0 radical (unpaired) electrons. The van der Waals surface area contributed by atoms with Gasteiger partial charge >= 0.3 is 11.9 Å². The quantitative estimate of drug-likeness (QED) is 0.485. The van der Waals surface area contributed by atoms with Gasteiger partial charge in [-0.05, 0) is 13.3 Å². The van der Waals surface area contributed by atoms with Crippen LogP contribution in [0.25, 0.3) is 0 Å². The largest absolute Gasteiger partial charge is 0.484 e. The molecule has 6 nitrogen and oxygen atoms in total. The van der Waals surface area contributed by atoms with Crippen LogP contribution < -0.4 is 0 Å². The fourth-order valence-electron chi connectivity index (χ4n) is 0.797. The molecule has 0 aliphatic heterocycles. The van der Waals surface area contributed by atoms with E-state index in [1.165, 1.54) is 0 Å². The lowest BCUT2D eigenvalue weighted by molar-refractivity contribution is -0.142. The van der Waals surface area contributed by atoms with E-state index in [-0.39, 0.29) is 13.2 Å². The second-order valence-corrected chi connectivity index (χ2v) is 2.55. The number of carboxylic acids is 2. The molecule has 0 unspecified atom stereocenters. The normalized spacial score (nSPS) is 11.6. The van der Waals surface area contributed by atoms with Gasteiger partial charge in [0.15, 0.2) is 0 Å². The Bertz CT molecular complexity index is 268. The van der Waals surface area contributed by atoms with E-state index in [0.29, 0.717) is 6.42 Å². The fourth-order valence-corrected chi connectivity index (χ4v) is 0.797. The highest BCUT2D eigenvalue weighted by molar-refractivity contribution is 5.95. The highest BCUT2D eigenvalue weighted by Crippen LogP contribution is 2.09. The second-order valence-electron chi connectivity index (χ2n) is 2.55. The van der Waals surface area contributed by atoms with Crippen LogP contribution in [-0.4, -0.2) is 35.4 Å². The van der Waals surface area contributed by atoms with Crippen LogP contribution in [0.15, 0.2) is 11.5 Å². The van der Waals surface area contributed by atoms with Crippen molar-refractivity contribution in [1.82, 2.24) is 0 Å². The van der Waals surface area contributed by atoms with Crippen molar-refractivity contribution in [3.8, 4) is 0 Å². The zero-order chi connectivity index (χ0) is 11.8. The number of carbonyl (C=O) groups is 2. The number of carboxylic acid groups (broad SMARTS) is 2. The molecule has 0 heterocycles.